The van der Waals surface area contributed by atoms with Gasteiger partial charge in [0.2, 0.25) is 0 Å². The lowest BCUT2D eigenvalue weighted by atomic mass is 10.1. The largest absolute Gasteiger partial charge is 0.381 e. The number of halogens is 1. The standard InChI is InChI=1S/C14H13ClN2S/c1-10(6-11-4-5-18-9-11)17-14-7-13(15)3-2-12(14)8-16/h2-5,7,9-10,17H,6H2,1H3. The maximum Gasteiger partial charge on any atom is 0.101 e. The first-order valence-corrected chi connectivity index (χ1v) is 6.98. The summed E-state index contributed by atoms with van der Waals surface area (Å²) >= 11 is 7.65. The van der Waals surface area contributed by atoms with E-state index in [0.717, 1.165) is 12.1 Å². The zero-order chi connectivity index (χ0) is 13.0. The fourth-order valence-corrected chi connectivity index (χ4v) is 2.67. The van der Waals surface area contributed by atoms with Crippen LogP contribution in [0.25, 0.3) is 0 Å². The van der Waals surface area contributed by atoms with Gasteiger partial charge in [-0.25, -0.2) is 0 Å². The summed E-state index contributed by atoms with van der Waals surface area (Å²) in [5.41, 5.74) is 2.73. The van der Waals surface area contributed by atoms with E-state index in [2.05, 4.69) is 35.1 Å². The molecule has 2 aromatic rings. The van der Waals surface area contributed by atoms with Crippen molar-refractivity contribution < 1.29 is 0 Å². The van der Waals surface area contributed by atoms with Crippen LogP contribution >= 0.6 is 22.9 Å². The molecule has 1 unspecified atom stereocenters. The average molecular weight is 277 g/mol. The molecule has 0 spiro atoms. The molecule has 1 aromatic carbocycles. The van der Waals surface area contributed by atoms with Crippen molar-refractivity contribution in [2.75, 3.05) is 5.32 Å². The molecule has 92 valence electrons. The summed E-state index contributed by atoms with van der Waals surface area (Å²) in [4.78, 5) is 0. The van der Waals surface area contributed by atoms with Crippen molar-refractivity contribution in [2.24, 2.45) is 0 Å². The summed E-state index contributed by atoms with van der Waals surface area (Å²) < 4.78 is 0. The van der Waals surface area contributed by atoms with Crippen LogP contribution in [-0.4, -0.2) is 6.04 Å². The second kappa shape index (κ2) is 5.90. The molecular weight excluding hydrogens is 264 g/mol. The van der Waals surface area contributed by atoms with E-state index < -0.39 is 0 Å². The van der Waals surface area contributed by atoms with E-state index in [0.29, 0.717) is 10.6 Å². The second-order valence-corrected chi connectivity index (χ2v) is 5.40. The number of hydrogen-bond acceptors (Lipinski definition) is 3. The van der Waals surface area contributed by atoms with E-state index in [1.54, 1.807) is 29.5 Å². The summed E-state index contributed by atoms with van der Waals surface area (Å²) in [6.07, 6.45) is 0.931. The molecule has 1 N–H and O–H groups in total. The minimum Gasteiger partial charge on any atom is -0.381 e. The first kappa shape index (κ1) is 12.9. The summed E-state index contributed by atoms with van der Waals surface area (Å²) in [5.74, 6) is 0. The molecule has 0 aliphatic heterocycles. The first-order valence-electron chi connectivity index (χ1n) is 5.66. The second-order valence-electron chi connectivity index (χ2n) is 4.18. The lowest BCUT2D eigenvalue weighted by Crippen LogP contribution is -2.18. The molecule has 4 heteroatoms. The number of nitriles is 1. The van der Waals surface area contributed by atoms with Gasteiger partial charge in [0, 0.05) is 11.1 Å². The Balaban J connectivity index is 2.09. The quantitative estimate of drug-likeness (QED) is 0.903. The van der Waals surface area contributed by atoms with Crippen molar-refractivity contribution in [1.82, 2.24) is 0 Å². The molecule has 0 amide bonds. The fourth-order valence-electron chi connectivity index (χ4n) is 1.81. The van der Waals surface area contributed by atoms with Gasteiger partial charge in [-0.1, -0.05) is 11.6 Å². The average Bonchev–Trinajstić information content (AvgIpc) is 2.82. The van der Waals surface area contributed by atoms with Gasteiger partial charge >= 0.3 is 0 Å². The first-order chi connectivity index (χ1) is 8.69. The Morgan fingerprint density at radius 1 is 1.44 bits per heavy atom. The van der Waals surface area contributed by atoms with Crippen molar-refractivity contribution >= 4 is 28.6 Å². The van der Waals surface area contributed by atoms with Crippen molar-refractivity contribution in [1.29, 1.82) is 5.26 Å². The van der Waals surface area contributed by atoms with Crippen LogP contribution in [0.3, 0.4) is 0 Å². The number of nitrogens with zero attached hydrogens (tertiary/aromatic N) is 1. The number of hydrogen-bond donors (Lipinski definition) is 1. The lowest BCUT2D eigenvalue weighted by Gasteiger charge is -2.15. The van der Waals surface area contributed by atoms with E-state index in [1.807, 2.05) is 0 Å². The molecule has 0 saturated carbocycles. The topological polar surface area (TPSA) is 35.8 Å². The molecule has 1 atom stereocenters. The molecule has 0 fully saturated rings. The molecule has 0 saturated heterocycles. The van der Waals surface area contributed by atoms with Gasteiger partial charge in [-0.3, -0.25) is 0 Å². The van der Waals surface area contributed by atoms with Crippen LogP contribution in [0.2, 0.25) is 5.02 Å². The molecule has 0 bridgehead atoms. The Bertz CT molecular complexity index is 558. The van der Waals surface area contributed by atoms with E-state index in [9.17, 15) is 0 Å². The zero-order valence-electron chi connectivity index (χ0n) is 9.98. The highest BCUT2D eigenvalue weighted by atomic mass is 35.5. The number of benzene rings is 1. The van der Waals surface area contributed by atoms with Gasteiger partial charge < -0.3 is 5.32 Å². The third kappa shape index (κ3) is 3.25. The van der Waals surface area contributed by atoms with Gasteiger partial charge in [0.05, 0.1) is 11.3 Å². The molecule has 1 aromatic heterocycles. The van der Waals surface area contributed by atoms with E-state index >= 15 is 0 Å². The van der Waals surface area contributed by atoms with Crippen LogP contribution in [-0.2, 0) is 6.42 Å². The lowest BCUT2D eigenvalue weighted by molar-refractivity contribution is 0.792. The van der Waals surface area contributed by atoms with Gasteiger partial charge in [-0.2, -0.15) is 16.6 Å². The molecule has 1 heterocycles. The van der Waals surface area contributed by atoms with Crippen LogP contribution in [0, 0.1) is 11.3 Å². The number of anilines is 1. The number of rotatable bonds is 4. The molecule has 2 rings (SSSR count). The number of thiophene rings is 1. The van der Waals surface area contributed by atoms with Crippen molar-refractivity contribution in [3.05, 3.63) is 51.2 Å². The highest BCUT2D eigenvalue weighted by Crippen LogP contribution is 2.22. The molecular formula is C14H13ClN2S. The number of nitrogens with one attached hydrogen (secondary N) is 1. The van der Waals surface area contributed by atoms with Gasteiger partial charge in [0.25, 0.3) is 0 Å². The monoisotopic (exact) mass is 276 g/mol. The minimum absolute atomic E-state index is 0.255. The predicted octanol–water partition coefficient (Wildman–Crippen LogP) is 4.32. The zero-order valence-corrected chi connectivity index (χ0v) is 11.6. The minimum atomic E-state index is 0.255. The Labute approximate surface area is 116 Å². The van der Waals surface area contributed by atoms with Gasteiger partial charge in [0.15, 0.2) is 0 Å². The summed E-state index contributed by atoms with van der Waals surface area (Å²) in [5, 5.41) is 17.2. The third-order valence-electron chi connectivity index (χ3n) is 2.63. The predicted molar refractivity (Wildman–Crippen MR) is 77.3 cm³/mol. The molecule has 2 nitrogen and oxygen atoms in total. The summed E-state index contributed by atoms with van der Waals surface area (Å²) in [6, 6.07) is 9.80. The maximum absolute atomic E-state index is 9.05. The highest BCUT2D eigenvalue weighted by molar-refractivity contribution is 7.07. The van der Waals surface area contributed by atoms with Crippen molar-refractivity contribution in [3.8, 4) is 6.07 Å². The SMILES string of the molecule is CC(Cc1ccsc1)Nc1cc(Cl)ccc1C#N. The molecule has 18 heavy (non-hydrogen) atoms. The summed E-state index contributed by atoms with van der Waals surface area (Å²) in [6.45, 7) is 2.10. The Morgan fingerprint density at radius 3 is 2.94 bits per heavy atom. The van der Waals surface area contributed by atoms with Crippen molar-refractivity contribution in [2.45, 2.75) is 19.4 Å². The third-order valence-corrected chi connectivity index (χ3v) is 3.59. The van der Waals surface area contributed by atoms with Crippen LogP contribution in [0.5, 0.6) is 0 Å². The normalized spacial score (nSPS) is 11.8. The maximum atomic E-state index is 9.05. The van der Waals surface area contributed by atoms with E-state index in [-0.39, 0.29) is 6.04 Å². The Hall–Kier alpha value is -1.50. The summed E-state index contributed by atoms with van der Waals surface area (Å²) in [7, 11) is 0. The Kier molecular flexibility index (Phi) is 4.24. The Morgan fingerprint density at radius 2 is 2.28 bits per heavy atom. The van der Waals surface area contributed by atoms with Crippen LogP contribution in [0.1, 0.15) is 18.1 Å². The van der Waals surface area contributed by atoms with Crippen molar-refractivity contribution in [3.63, 3.8) is 0 Å². The van der Waals surface area contributed by atoms with Gasteiger partial charge in [-0.15, -0.1) is 0 Å². The molecule has 0 radical (unpaired) electrons. The molecule has 0 aliphatic carbocycles. The van der Waals surface area contributed by atoms with E-state index in [1.165, 1.54) is 5.56 Å². The van der Waals surface area contributed by atoms with E-state index in [4.69, 9.17) is 16.9 Å². The van der Waals surface area contributed by atoms with Crippen LogP contribution in [0.4, 0.5) is 5.69 Å². The van der Waals surface area contributed by atoms with Gasteiger partial charge in [0.1, 0.15) is 6.07 Å². The van der Waals surface area contributed by atoms with Gasteiger partial charge in [-0.05, 0) is 53.9 Å². The highest BCUT2D eigenvalue weighted by Gasteiger charge is 2.08. The van der Waals surface area contributed by atoms with Crippen LogP contribution < -0.4 is 5.32 Å². The fraction of sp³-hybridized carbons (Fsp3) is 0.214. The molecule has 0 aliphatic rings. The van der Waals surface area contributed by atoms with Crippen LogP contribution in [0.15, 0.2) is 35.0 Å². The smallest absolute Gasteiger partial charge is 0.101 e.